The summed E-state index contributed by atoms with van der Waals surface area (Å²) in [5, 5.41) is 15.5. The Kier molecular flexibility index (Phi) is 7.81. The first-order valence-electron chi connectivity index (χ1n) is 21.3. The molecule has 2 nitrogen and oxygen atoms in total. The highest BCUT2D eigenvalue weighted by atomic mass is 32.1. The molecule has 0 aliphatic heterocycles. The molecule has 0 saturated carbocycles. The number of fused-ring (bicyclic) bond motifs is 9. The van der Waals surface area contributed by atoms with Crippen molar-refractivity contribution in [1.82, 2.24) is 0 Å². The zero-order valence-corrected chi connectivity index (χ0v) is 35.8. The van der Waals surface area contributed by atoms with E-state index in [0.29, 0.717) is 0 Å². The van der Waals surface area contributed by atoms with Crippen molar-refractivity contribution in [3.8, 4) is 0 Å². The minimum absolute atomic E-state index is 1.13. The van der Waals surface area contributed by atoms with Gasteiger partial charge in [0.1, 0.15) is 0 Å². The van der Waals surface area contributed by atoms with Crippen molar-refractivity contribution in [3.05, 3.63) is 205 Å². The standard InChI is InChI=1S/C58H38N2S2/c1-35-31-49(59(37-15-5-3-6-16-37)39-25-27-45-43-19-11-13-23-51(43)61-53(45)33-39)55-47-21-9-10-22-48(47)56-50(32-36(2)42-30-29-41(35)57(55)58(42)56)60(38-17-7-4-8-18-38)40-26-28-46-44-20-12-14-24-52(44)62-54(46)34-40/h3-34H,1-2H3. The number of hydrogen-bond acceptors (Lipinski definition) is 4. The van der Waals surface area contributed by atoms with Gasteiger partial charge in [-0.3, -0.25) is 0 Å². The minimum atomic E-state index is 1.13. The normalized spacial score (nSPS) is 12.0. The Morgan fingerprint density at radius 3 is 1.06 bits per heavy atom. The Morgan fingerprint density at radius 1 is 0.274 bits per heavy atom. The van der Waals surface area contributed by atoms with Crippen LogP contribution < -0.4 is 9.80 Å². The summed E-state index contributed by atoms with van der Waals surface area (Å²) in [7, 11) is 0. The number of para-hydroxylation sites is 2. The molecule has 4 heteroatoms. The van der Waals surface area contributed by atoms with E-state index in [1.165, 1.54) is 106 Å². The number of hydrogen-bond donors (Lipinski definition) is 0. The lowest BCUT2D eigenvalue weighted by Crippen LogP contribution is -2.12. The van der Waals surface area contributed by atoms with Gasteiger partial charge in [0.05, 0.1) is 11.4 Å². The summed E-state index contributed by atoms with van der Waals surface area (Å²) in [6, 6.07) is 72.2. The average Bonchev–Trinajstić information content (AvgIpc) is 3.88. The van der Waals surface area contributed by atoms with Crippen LogP contribution in [0.1, 0.15) is 11.1 Å². The van der Waals surface area contributed by atoms with Crippen LogP contribution in [0.3, 0.4) is 0 Å². The maximum atomic E-state index is 2.50. The summed E-state index contributed by atoms with van der Waals surface area (Å²) in [6.45, 7) is 4.58. The van der Waals surface area contributed by atoms with E-state index >= 15 is 0 Å². The molecule has 0 fully saturated rings. The molecule has 0 saturated heterocycles. The SMILES string of the molecule is Cc1cc(N(c2ccccc2)c2ccc3c(c2)sc2ccccc23)c2c3ccccc3c3c(N(c4ccccc4)c4ccc5c(c4)sc4ccccc45)cc(C)c4ccc1c2c43. The van der Waals surface area contributed by atoms with Gasteiger partial charge in [-0.1, -0.05) is 121 Å². The Morgan fingerprint density at radius 2 is 0.629 bits per heavy atom. The summed E-state index contributed by atoms with van der Waals surface area (Å²) in [5.74, 6) is 0. The Hall–Kier alpha value is -7.24. The van der Waals surface area contributed by atoms with Crippen LogP contribution in [0.15, 0.2) is 194 Å². The van der Waals surface area contributed by atoms with Crippen LogP contribution in [0.2, 0.25) is 0 Å². The van der Waals surface area contributed by atoms with Crippen LogP contribution in [0.5, 0.6) is 0 Å². The van der Waals surface area contributed by atoms with Gasteiger partial charge in [0, 0.05) is 84.6 Å². The summed E-state index contributed by atoms with van der Waals surface area (Å²) < 4.78 is 5.21. The number of thiophene rings is 2. The van der Waals surface area contributed by atoms with Gasteiger partial charge in [0.2, 0.25) is 0 Å². The van der Waals surface area contributed by atoms with Gasteiger partial charge in [0.25, 0.3) is 0 Å². The topological polar surface area (TPSA) is 6.48 Å². The van der Waals surface area contributed by atoms with E-state index in [2.05, 4.69) is 218 Å². The van der Waals surface area contributed by atoms with Crippen molar-refractivity contribution >= 4 is 140 Å². The van der Waals surface area contributed by atoms with E-state index in [4.69, 9.17) is 0 Å². The predicted molar refractivity (Wildman–Crippen MR) is 272 cm³/mol. The summed E-state index contributed by atoms with van der Waals surface area (Å²) >= 11 is 3.74. The zero-order chi connectivity index (χ0) is 41.1. The van der Waals surface area contributed by atoms with Gasteiger partial charge in [-0.05, 0) is 119 Å². The van der Waals surface area contributed by atoms with E-state index in [0.717, 1.165) is 22.7 Å². The molecule has 0 radical (unpaired) electrons. The minimum Gasteiger partial charge on any atom is -0.310 e. The number of rotatable bonds is 6. The molecule has 2 heterocycles. The maximum absolute atomic E-state index is 2.50. The Balaban J connectivity index is 1.14. The number of aryl methyl sites for hydroxylation is 2. The fraction of sp³-hybridized carbons (Fsp3) is 0.0345. The second-order valence-corrected chi connectivity index (χ2v) is 18.7. The second-order valence-electron chi connectivity index (χ2n) is 16.5. The highest BCUT2D eigenvalue weighted by molar-refractivity contribution is 7.26. The Bertz CT molecular complexity index is 3640. The van der Waals surface area contributed by atoms with E-state index in [1.54, 1.807) is 0 Å². The van der Waals surface area contributed by atoms with Crippen LogP contribution in [0, 0.1) is 13.8 Å². The first kappa shape index (κ1) is 35.5. The third-order valence-corrected chi connectivity index (χ3v) is 15.3. The second kappa shape index (κ2) is 13.6. The van der Waals surface area contributed by atoms with Crippen LogP contribution in [-0.4, -0.2) is 0 Å². The molecular formula is C58H38N2S2. The predicted octanol–water partition coefficient (Wildman–Crippen LogP) is 18.0. The highest BCUT2D eigenvalue weighted by Crippen LogP contribution is 2.53. The third-order valence-electron chi connectivity index (χ3n) is 13.0. The smallest absolute Gasteiger partial charge is 0.0549 e. The largest absolute Gasteiger partial charge is 0.310 e. The van der Waals surface area contributed by atoms with Gasteiger partial charge < -0.3 is 9.80 Å². The van der Waals surface area contributed by atoms with Crippen molar-refractivity contribution in [3.63, 3.8) is 0 Å². The van der Waals surface area contributed by atoms with E-state index in [1.807, 2.05) is 22.7 Å². The van der Waals surface area contributed by atoms with Crippen molar-refractivity contribution in [2.24, 2.45) is 0 Å². The molecule has 0 N–H and O–H groups in total. The summed E-state index contributed by atoms with van der Waals surface area (Å²) in [6.07, 6.45) is 0. The number of benzene rings is 11. The van der Waals surface area contributed by atoms with Crippen molar-refractivity contribution in [2.45, 2.75) is 13.8 Å². The molecule has 13 rings (SSSR count). The fourth-order valence-corrected chi connectivity index (χ4v) is 12.6. The molecule has 0 bridgehead atoms. The van der Waals surface area contributed by atoms with E-state index in [-0.39, 0.29) is 0 Å². The Labute approximate surface area is 367 Å². The molecule has 11 aromatic carbocycles. The highest BCUT2D eigenvalue weighted by Gasteiger charge is 2.27. The monoisotopic (exact) mass is 826 g/mol. The quantitative estimate of drug-likeness (QED) is 0.122. The molecule has 0 amide bonds. The molecule has 13 aromatic rings. The lowest BCUT2D eigenvalue weighted by molar-refractivity contribution is 1.30. The lowest BCUT2D eigenvalue weighted by Gasteiger charge is -2.31. The van der Waals surface area contributed by atoms with Crippen LogP contribution in [-0.2, 0) is 0 Å². The molecule has 292 valence electrons. The van der Waals surface area contributed by atoms with Crippen LogP contribution in [0.4, 0.5) is 34.1 Å². The summed E-state index contributed by atoms with van der Waals surface area (Å²) in [5.41, 5.74) is 9.46. The molecule has 0 atom stereocenters. The first-order chi connectivity index (χ1) is 30.6. The van der Waals surface area contributed by atoms with Gasteiger partial charge in [-0.25, -0.2) is 0 Å². The van der Waals surface area contributed by atoms with Gasteiger partial charge in [0.15, 0.2) is 0 Å². The van der Waals surface area contributed by atoms with Crippen molar-refractivity contribution in [2.75, 3.05) is 9.80 Å². The van der Waals surface area contributed by atoms with Crippen LogP contribution in [0.25, 0.3) is 83.4 Å². The molecule has 0 spiro atoms. The first-order valence-corrected chi connectivity index (χ1v) is 22.9. The molecule has 2 aromatic heterocycles. The fourth-order valence-electron chi connectivity index (χ4n) is 10.3. The van der Waals surface area contributed by atoms with Crippen molar-refractivity contribution in [1.29, 1.82) is 0 Å². The number of anilines is 6. The van der Waals surface area contributed by atoms with E-state index in [9.17, 15) is 0 Å². The van der Waals surface area contributed by atoms with Crippen LogP contribution >= 0.6 is 22.7 Å². The van der Waals surface area contributed by atoms with Gasteiger partial charge in [-0.2, -0.15) is 0 Å². The maximum Gasteiger partial charge on any atom is 0.0549 e. The number of nitrogens with zero attached hydrogens (tertiary/aromatic N) is 2. The van der Waals surface area contributed by atoms with Gasteiger partial charge in [-0.15, -0.1) is 22.7 Å². The van der Waals surface area contributed by atoms with Gasteiger partial charge >= 0.3 is 0 Å². The lowest BCUT2D eigenvalue weighted by atomic mass is 9.84. The molecule has 0 aliphatic carbocycles. The third kappa shape index (κ3) is 5.21. The molecule has 62 heavy (non-hydrogen) atoms. The zero-order valence-electron chi connectivity index (χ0n) is 34.2. The molecule has 0 unspecified atom stereocenters. The average molecular weight is 827 g/mol. The summed E-state index contributed by atoms with van der Waals surface area (Å²) in [4.78, 5) is 5.00. The molecular weight excluding hydrogens is 789 g/mol. The molecule has 0 aliphatic rings. The van der Waals surface area contributed by atoms with Crippen molar-refractivity contribution < 1.29 is 0 Å². The van der Waals surface area contributed by atoms with E-state index < -0.39 is 0 Å².